The van der Waals surface area contributed by atoms with Gasteiger partial charge in [-0.2, -0.15) is 0 Å². The number of nitrogens with zero attached hydrogens (tertiary/aromatic N) is 6. The zero-order valence-corrected chi connectivity index (χ0v) is 31.1. The summed E-state index contributed by atoms with van der Waals surface area (Å²) in [6, 6.07) is 12.2. The van der Waals surface area contributed by atoms with Gasteiger partial charge in [0, 0.05) is 16.7 Å². The van der Waals surface area contributed by atoms with Gasteiger partial charge in [0.25, 0.3) is 35.4 Å². The van der Waals surface area contributed by atoms with Gasteiger partial charge in [-0.15, -0.1) is 19.3 Å². The number of amides is 6. The minimum Gasteiger partial charge on any atom is -0.389 e. The first kappa shape index (κ1) is 42.7. The molecule has 0 radical (unpaired) electrons. The van der Waals surface area contributed by atoms with Crippen molar-refractivity contribution in [3.63, 3.8) is 0 Å². The Morgan fingerprint density at radius 3 is 0.852 bits per heavy atom. The van der Waals surface area contributed by atoms with Crippen LogP contribution >= 0.6 is 0 Å². The lowest BCUT2D eigenvalue weighted by atomic mass is 10.1. The highest BCUT2D eigenvalue weighted by Gasteiger charge is 2.40. The van der Waals surface area contributed by atoms with E-state index in [9.17, 15) is 58.5 Å². The molecule has 4 aromatic rings. The maximum atomic E-state index is 13.9. The van der Waals surface area contributed by atoms with Crippen molar-refractivity contribution in [2.24, 2.45) is 0 Å². The summed E-state index contributed by atoms with van der Waals surface area (Å²) in [5.74, 6) is 2.18. The molecule has 3 unspecified atom stereocenters. The highest BCUT2D eigenvalue weighted by atomic mass is 16.3. The Hall–Kier alpha value is -7.95. The van der Waals surface area contributed by atoms with Crippen LogP contribution in [0.2, 0.25) is 0 Å². The van der Waals surface area contributed by atoms with Crippen LogP contribution in [0.1, 0.15) is 86.3 Å². The number of aromatic nitrogens is 3. The monoisotopic (exact) mass is 826 g/mol. The summed E-state index contributed by atoms with van der Waals surface area (Å²) in [4.78, 5) is 122. The average Bonchev–Trinajstić information content (AvgIpc) is 3.72. The number of carbonyl (C=O) groups excluding carboxylic acids is 6. The summed E-state index contributed by atoms with van der Waals surface area (Å²) < 4.78 is 1.06. The maximum absolute atomic E-state index is 13.9. The molecule has 0 bridgehead atoms. The standard InChI is InChI=1S/C42H30N6O12.CH4/c1-4-22-7-10-28-31(13-22)37(55)43(34(28)52)16-25(49)19-46-40(58)47(20-26(50)17-44-35(53)29-11-8-23(5-2)14-32(29)38(44)56)42(60)48(41(46)59)21-27(51)18-45-36(54)30-12-9-24(6-3)15-33(30)39(45)57;/h1-3,7-15,25-27,49-51H,16-21H2;1H4. The van der Waals surface area contributed by atoms with Crippen LogP contribution in [0.15, 0.2) is 69.0 Å². The second-order valence-corrected chi connectivity index (χ2v) is 14.0. The zero-order chi connectivity index (χ0) is 43.3. The Kier molecular flexibility index (Phi) is 11.4. The Bertz CT molecular complexity index is 2600. The Morgan fingerprint density at radius 1 is 0.393 bits per heavy atom. The minimum absolute atomic E-state index is 0. The topological polar surface area (TPSA) is 239 Å². The van der Waals surface area contributed by atoms with E-state index in [1.54, 1.807) is 0 Å². The van der Waals surface area contributed by atoms with Gasteiger partial charge in [0.1, 0.15) is 0 Å². The third-order valence-electron chi connectivity index (χ3n) is 10.2. The van der Waals surface area contributed by atoms with E-state index in [-0.39, 0.29) is 40.8 Å². The summed E-state index contributed by atoms with van der Waals surface area (Å²) >= 11 is 0. The van der Waals surface area contributed by atoms with Gasteiger partial charge in [-0.1, -0.05) is 25.2 Å². The van der Waals surface area contributed by atoms with Crippen LogP contribution in [0.5, 0.6) is 0 Å². The molecule has 3 aromatic carbocycles. The van der Waals surface area contributed by atoms with Gasteiger partial charge < -0.3 is 15.3 Å². The smallest absolute Gasteiger partial charge is 0.336 e. The molecule has 0 saturated carbocycles. The van der Waals surface area contributed by atoms with E-state index < -0.39 is 110 Å². The summed E-state index contributed by atoms with van der Waals surface area (Å²) in [6.45, 7) is -5.06. The number of aliphatic hydroxyl groups is 3. The van der Waals surface area contributed by atoms with Crippen molar-refractivity contribution in [1.82, 2.24) is 28.4 Å². The SMILES string of the molecule is C.C#Cc1ccc2c(c1)C(=O)N(CC(O)Cn1c(=O)n(CC(O)CN3C(=O)c4ccc(C#C)cc4C3=O)c(=O)n(CC(O)CN3C(=O)c4ccc(C#C)cc4C3=O)c1=O)C2=O. The first-order valence-corrected chi connectivity index (χ1v) is 18.0. The first-order chi connectivity index (χ1) is 28.6. The molecule has 0 saturated heterocycles. The van der Waals surface area contributed by atoms with E-state index in [2.05, 4.69) is 17.8 Å². The lowest BCUT2D eigenvalue weighted by Crippen LogP contribution is -2.58. The third-order valence-corrected chi connectivity index (χ3v) is 10.2. The van der Waals surface area contributed by atoms with Gasteiger partial charge in [-0.05, 0) is 54.6 Å². The second-order valence-electron chi connectivity index (χ2n) is 14.0. The molecule has 3 aliphatic heterocycles. The fourth-order valence-electron chi connectivity index (χ4n) is 7.23. The molecule has 3 aliphatic rings. The van der Waals surface area contributed by atoms with Crippen molar-refractivity contribution in [2.45, 2.75) is 45.4 Å². The van der Waals surface area contributed by atoms with E-state index in [1.807, 2.05) is 0 Å². The number of imide groups is 3. The molecule has 7 rings (SSSR count). The molecule has 0 aliphatic carbocycles. The average molecular weight is 827 g/mol. The maximum Gasteiger partial charge on any atom is 0.336 e. The largest absolute Gasteiger partial charge is 0.389 e. The number of carbonyl (C=O) groups is 6. The molecule has 3 atom stereocenters. The summed E-state index contributed by atoms with van der Waals surface area (Å²) in [5.41, 5.74) is -3.44. The molecule has 308 valence electrons. The van der Waals surface area contributed by atoms with Crippen LogP contribution in [-0.4, -0.2) is 117 Å². The van der Waals surface area contributed by atoms with Crippen molar-refractivity contribution in [3.8, 4) is 37.0 Å². The Morgan fingerprint density at radius 2 is 0.623 bits per heavy atom. The lowest BCUT2D eigenvalue weighted by molar-refractivity contribution is 0.0500. The zero-order valence-electron chi connectivity index (χ0n) is 31.1. The molecule has 0 fully saturated rings. The number of aliphatic hydroxyl groups excluding tert-OH is 3. The van der Waals surface area contributed by atoms with Crippen LogP contribution in [0.25, 0.3) is 0 Å². The molecule has 18 nitrogen and oxygen atoms in total. The van der Waals surface area contributed by atoms with Gasteiger partial charge in [0.05, 0.1) is 91.0 Å². The second kappa shape index (κ2) is 16.4. The van der Waals surface area contributed by atoms with Crippen LogP contribution in [0.4, 0.5) is 0 Å². The van der Waals surface area contributed by atoms with Gasteiger partial charge in [0.15, 0.2) is 0 Å². The van der Waals surface area contributed by atoms with E-state index in [4.69, 9.17) is 19.3 Å². The van der Waals surface area contributed by atoms with Crippen LogP contribution in [0.3, 0.4) is 0 Å². The molecule has 4 heterocycles. The Labute approximate surface area is 345 Å². The van der Waals surface area contributed by atoms with Crippen LogP contribution in [0, 0.1) is 37.0 Å². The number of β-amino-alcohol motifs (C(OH)–C–C–N with tert-alkyl or cyclic N) is 3. The normalized spacial score (nSPS) is 15.4. The quantitative estimate of drug-likeness (QED) is 0.112. The number of rotatable bonds is 12. The molecule has 1 aromatic heterocycles. The lowest BCUT2D eigenvalue weighted by Gasteiger charge is -2.23. The molecule has 18 heteroatoms. The number of fused-ring (bicyclic) bond motifs is 3. The molecule has 6 amide bonds. The van der Waals surface area contributed by atoms with Gasteiger partial charge in [-0.25, -0.2) is 28.1 Å². The fraction of sp³-hybridized carbons (Fsp3) is 0.233. The van der Waals surface area contributed by atoms with Crippen LogP contribution in [-0.2, 0) is 19.6 Å². The number of benzene rings is 3. The van der Waals surface area contributed by atoms with E-state index in [1.165, 1.54) is 54.6 Å². The summed E-state index contributed by atoms with van der Waals surface area (Å²) in [7, 11) is 0. The molecular weight excluding hydrogens is 793 g/mol. The van der Waals surface area contributed by atoms with Crippen molar-refractivity contribution in [3.05, 3.63) is 136 Å². The van der Waals surface area contributed by atoms with Gasteiger partial charge >= 0.3 is 17.1 Å². The number of terminal acetylenes is 3. The van der Waals surface area contributed by atoms with Crippen molar-refractivity contribution in [1.29, 1.82) is 0 Å². The fourth-order valence-corrected chi connectivity index (χ4v) is 7.23. The van der Waals surface area contributed by atoms with Crippen molar-refractivity contribution in [2.75, 3.05) is 19.6 Å². The number of hydrogen-bond donors (Lipinski definition) is 3. The highest BCUT2D eigenvalue weighted by Crippen LogP contribution is 2.26. The van der Waals surface area contributed by atoms with E-state index in [0.29, 0.717) is 45.1 Å². The number of hydrogen-bond acceptors (Lipinski definition) is 12. The van der Waals surface area contributed by atoms with E-state index >= 15 is 0 Å². The predicted octanol–water partition coefficient (Wildman–Crippen LogP) is -1.28. The summed E-state index contributed by atoms with van der Waals surface area (Å²) in [5, 5.41) is 33.4. The van der Waals surface area contributed by atoms with Gasteiger partial charge in [-0.3, -0.25) is 43.5 Å². The predicted molar refractivity (Wildman–Crippen MR) is 213 cm³/mol. The molecule has 0 spiro atoms. The van der Waals surface area contributed by atoms with Crippen molar-refractivity contribution >= 4 is 35.4 Å². The van der Waals surface area contributed by atoms with Crippen LogP contribution < -0.4 is 17.1 Å². The summed E-state index contributed by atoms with van der Waals surface area (Å²) in [6.07, 6.45) is 10.8. The van der Waals surface area contributed by atoms with Gasteiger partial charge in [0.2, 0.25) is 0 Å². The molecule has 61 heavy (non-hydrogen) atoms. The minimum atomic E-state index is -1.82. The highest BCUT2D eigenvalue weighted by molar-refractivity contribution is 6.23. The van der Waals surface area contributed by atoms with E-state index in [0.717, 1.165) is 0 Å². The Balaban J connectivity index is 0.00000622. The first-order valence-electron chi connectivity index (χ1n) is 18.0. The van der Waals surface area contributed by atoms with Crippen molar-refractivity contribution < 1.29 is 44.1 Å². The third kappa shape index (κ3) is 7.37. The molecular formula is C43H34N6O12. The molecule has 3 N–H and O–H groups in total.